The van der Waals surface area contributed by atoms with Crippen LogP contribution in [0.15, 0.2) is 41.2 Å². The zero-order chi connectivity index (χ0) is 22.5. The van der Waals surface area contributed by atoms with Gasteiger partial charge in [0.1, 0.15) is 11.6 Å². The van der Waals surface area contributed by atoms with E-state index in [1.807, 2.05) is 20.8 Å². The maximum Gasteiger partial charge on any atom is 0.280 e. The summed E-state index contributed by atoms with van der Waals surface area (Å²) in [7, 11) is 3.02. The third-order valence-corrected chi connectivity index (χ3v) is 4.68. The van der Waals surface area contributed by atoms with Gasteiger partial charge in [-0.25, -0.2) is 9.66 Å². The Hall–Kier alpha value is -3.55. The van der Waals surface area contributed by atoms with Crippen molar-refractivity contribution in [2.45, 2.75) is 27.2 Å². The topological polar surface area (TPSA) is 91.7 Å². The van der Waals surface area contributed by atoms with Crippen molar-refractivity contribution in [3.63, 3.8) is 0 Å². The summed E-state index contributed by atoms with van der Waals surface area (Å²) in [6.45, 7) is 6.29. The molecule has 0 unspecified atom stereocenters. The first kappa shape index (κ1) is 22.1. The van der Waals surface area contributed by atoms with Gasteiger partial charge in [0.15, 0.2) is 11.5 Å². The largest absolute Gasteiger partial charge is 0.493 e. The van der Waals surface area contributed by atoms with E-state index < -0.39 is 11.5 Å². The lowest BCUT2D eigenvalue weighted by Gasteiger charge is -2.17. The van der Waals surface area contributed by atoms with Gasteiger partial charge in [0.2, 0.25) is 0 Å². The maximum atomic E-state index is 13.4. The van der Waals surface area contributed by atoms with Gasteiger partial charge in [-0.15, -0.1) is 0 Å². The second kappa shape index (κ2) is 9.51. The molecule has 1 aromatic heterocycles. The summed E-state index contributed by atoms with van der Waals surface area (Å²) in [5.74, 6) is 1.53. The van der Waals surface area contributed by atoms with Crippen LogP contribution < -0.4 is 25.2 Å². The predicted molar refractivity (Wildman–Crippen MR) is 119 cm³/mol. The summed E-state index contributed by atoms with van der Waals surface area (Å²) in [5.41, 5.74) is 3.11. The molecule has 2 aromatic carbocycles. The van der Waals surface area contributed by atoms with E-state index in [2.05, 4.69) is 10.4 Å². The average Bonchev–Trinajstić information content (AvgIpc) is 2.75. The Morgan fingerprint density at radius 3 is 2.42 bits per heavy atom. The van der Waals surface area contributed by atoms with Crippen LogP contribution in [0, 0.1) is 5.92 Å². The van der Waals surface area contributed by atoms with Gasteiger partial charge in [-0.05, 0) is 31.0 Å². The van der Waals surface area contributed by atoms with E-state index in [1.54, 1.807) is 36.4 Å². The number of carbonyl (C=O) groups excluding carboxylic acids is 1. The number of rotatable bonds is 8. The minimum Gasteiger partial charge on any atom is -0.493 e. The molecule has 8 nitrogen and oxygen atoms in total. The van der Waals surface area contributed by atoms with Crippen LogP contribution >= 0.6 is 0 Å². The molecule has 1 N–H and O–H groups in total. The van der Waals surface area contributed by atoms with Crippen LogP contribution in [0.5, 0.6) is 17.2 Å². The lowest BCUT2D eigenvalue weighted by atomic mass is 10.1. The van der Waals surface area contributed by atoms with Gasteiger partial charge in [-0.1, -0.05) is 26.0 Å². The molecule has 0 fully saturated rings. The standard InChI is InChI=1S/C23H27N3O5/c1-6-31-18-10-8-7-9-15(18)22(27)25-26-21(11-14(2)3)24-17-13-20(30-5)19(29-4)12-16(17)23(26)28/h7-10,12-14H,6,11H2,1-5H3,(H,25,27). The lowest BCUT2D eigenvalue weighted by Crippen LogP contribution is -2.37. The van der Waals surface area contributed by atoms with Gasteiger partial charge in [0, 0.05) is 12.5 Å². The molecule has 1 amide bonds. The summed E-state index contributed by atoms with van der Waals surface area (Å²) in [5, 5.41) is 0.309. The van der Waals surface area contributed by atoms with Crippen molar-refractivity contribution in [1.29, 1.82) is 0 Å². The van der Waals surface area contributed by atoms with Gasteiger partial charge in [-0.2, -0.15) is 0 Å². The molecule has 0 atom stereocenters. The second-order valence-corrected chi connectivity index (χ2v) is 7.36. The van der Waals surface area contributed by atoms with Crippen molar-refractivity contribution in [2.24, 2.45) is 5.92 Å². The van der Waals surface area contributed by atoms with Crippen LogP contribution in [0.1, 0.15) is 37.0 Å². The third kappa shape index (κ3) is 4.63. The summed E-state index contributed by atoms with van der Waals surface area (Å²) in [4.78, 5) is 31.0. The normalized spacial score (nSPS) is 10.9. The molecule has 31 heavy (non-hydrogen) atoms. The molecule has 0 saturated carbocycles. The number of aromatic nitrogens is 2. The summed E-state index contributed by atoms with van der Waals surface area (Å²) in [6.07, 6.45) is 0.493. The fourth-order valence-corrected chi connectivity index (χ4v) is 3.27. The molecule has 1 heterocycles. The van der Waals surface area contributed by atoms with Crippen molar-refractivity contribution >= 4 is 16.8 Å². The Labute approximate surface area is 180 Å². The Morgan fingerprint density at radius 1 is 1.10 bits per heavy atom. The van der Waals surface area contributed by atoms with Gasteiger partial charge >= 0.3 is 0 Å². The Bertz CT molecular complexity index is 1150. The first-order chi connectivity index (χ1) is 14.9. The molecular formula is C23H27N3O5. The van der Waals surface area contributed by atoms with Crippen molar-refractivity contribution in [3.8, 4) is 17.2 Å². The highest BCUT2D eigenvalue weighted by molar-refractivity contribution is 6.02. The first-order valence-corrected chi connectivity index (χ1v) is 10.1. The Morgan fingerprint density at radius 2 is 1.77 bits per heavy atom. The van der Waals surface area contributed by atoms with E-state index in [0.717, 1.165) is 0 Å². The highest BCUT2D eigenvalue weighted by Crippen LogP contribution is 2.30. The van der Waals surface area contributed by atoms with Crippen LogP contribution in [0.2, 0.25) is 0 Å². The molecule has 0 spiro atoms. The predicted octanol–water partition coefficient (Wildman–Crippen LogP) is 3.39. The highest BCUT2D eigenvalue weighted by Gasteiger charge is 2.19. The summed E-state index contributed by atoms with van der Waals surface area (Å²) >= 11 is 0. The number of ether oxygens (including phenoxy) is 3. The van der Waals surface area contributed by atoms with Crippen LogP contribution in [-0.4, -0.2) is 36.4 Å². The Balaban J connectivity index is 2.14. The molecule has 0 aliphatic rings. The number of amides is 1. The van der Waals surface area contributed by atoms with E-state index in [-0.39, 0.29) is 5.92 Å². The van der Waals surface area contributed by atoms with Crippen molar-refractivity contribution in [3.05, 3.63) is 58.1 Å². The smallest absolute Gasteiger partial charge is 0.280 e. The lowest BCUT2D eigenvalue weighted by molar-refractivity contribution is 0.100. The SMILES string of the molecule is CCOc1ccccc1C(=O)Nn1c(CC(C)C)nc2cc(OC)c(OC)cc2c1=O. The van der Waals surface area contributed by atoms with E-state index in [1.165, 1.54) is 18.9 Å². The zero-order valence-corrected chi connectivity index (χ0v) is 18.4. The number of nitrogens with one attached hydrogen (secondary N) is 1. The number of carbonyl (C=O) groups is 1. The fraction of sp³-hybridized carbons (Fsp3) is 0.348. The maximum absolute atomic E-state index is 13.4. The van der Waals surface area contributed by atoms with Crippen molar-refractivity contribution in [2.75, 3.05) is 26.3 Å². The minimum absolute atomic E-state index is 0.211. The van der Waals surface area contributed by atoms with Gasteiger partial charge < -0.3 is 14.2 Å². The highest BCUT2D eigenvalue weighted by atomic mass is 16.5. The van der Waals surface area contributed by atoms with Crippen LogP contribution in [0.3, 0.4) is 0 Å². The molecule has 8 heteroatoms. The zero-order valence-electron chi connectivity index (χ0n) is 18.4. The van der Waals surface area contributed by atoms with Crippen LogP contribution in [-0.2, 0) is 6.42 Å². The van der Waals surface area contributed by atoms with E-state index >= 15 is 0 Å². The molecular weight excluding hydrogens is 398 g/mol. The molecule has 0 aliphatic carbocycles. The number of methoxy groups -OCH3 is 2. The van der Waals surface area contributed by atoms with Gasteiger partial charge in [-0.3, -0.25) is 15.0 Å². The molecule has 0 radical (unpaired) electrons. The quantitative estimate of drug-likeness (QED) is 0.595. The fourth-order valence-electron chi connectivity index (χ4n) is 3.27. The summed E-state index contributed by atoms with van der Waals surface area (Å²) < 4.78 is 17.4. The van der Waals surface area contributed by atoms with E-state index in [0.29, 0.717) is 52.6 Å². The molecule has 0 saturated heterocycles. The van der Waals surface area contributed by atoms with Crippen molar-refractivity contribution in [1.82, 2.24) is 9.66 Å². The molecule has 0 bridgehead atoms. The van der Waals surface area contributed by atoms with E-state index in [9.17, 15) is 9.59 Å². The second-order valence-electron chi connectivity index (χ2n) is 7.36. The monoisotopic (exact) mass is 425 g/mol. The first-order valence-electron chi connectivity index (χ1n) is 10.1. The van der Waals surface area contributed by atoms with E-state index in [4.69, 9.17) is 14.2 Å². The number of fused-ring (bicyclic) bond motifs is 1. The number of nitrogens with zero attached hydrogens (tertiary/aromatic N) is 2. The van der Waals surface area contributed by atoms with Crippen LogP contribution in [0.25, 0.3) is 10.9 Å². The van der Waals surface area contributed by atoms with Gasteiger partial charge in [0.25, 0.3) is 11.5 Å². The van der Waals surface area contributed by atoms with Crippen molar-refractivity contribution < 1.29 is 19.0 Å². The minimum atomic E-state index is -0.460. The number of para-hydroxylation sites is 1. The Kier molecular flexibility index (Phi) is 6.79. The third-order valence-electron chi connectivity index (χ3n) is 4.68. The molecule has 164 valence electrons. The average molecular weight is 425 g/mol. The van der Waals surface area contributed by atoms with Crippen LogP contribution in [0.4, 0.5) is 0 Å². The van der Waals surface area contributed by atoms with Gasteiger partial charge in [0.05, 0.1) is 37.3 Å². The number of hydrogen-bond donors (Lipinski definition) is 1. The summed E-state index contributed by atoms with van der Waals surface area (Å²) in [6, 6.07) is 10.1. The molecule has 3 aromatic rings. The number of hydrogen-bond acceptors (Lipinski definition) is 6. The molecule has 3 rings (SSSR count). The molecule has 0 aliphatic heterocycles. The number of benzene rings is 2.